The van der Waals surface area contributed by atoms with Crippen molar-refractivity contribution in [3.05, 3.63) is 337 Å². The summed E-state index contributed by atoms with van der Waals surface area (Å²) in [5.74, 6) is -7.70. The summed E-state index contributed by atoms with van der Waals surface area (Å²) >= 11 is 0. The van der Waals surface area contributed by atoms with Crippen LogP contribution < -0.4 is 14.2 Å². The molecule has 0 bridgehead atoms. The normalized spacial score (nSPS) is 12.8. The van der Waals surface area contributed by atoms with E-state index < -0.39 is 97.0 Å². The highest BCUT2D eigenvalue weighted by molar-refractivity contribution is 7.46. The van der Waals surface area contributed by atoms with Crippen LogP contribution in [0.4, 0.5) is 39.5 Å². The number of halogens is 9. The zero-order valence-electron chi connectivity index (χ0n) is 74.6. The van der Waals surface area contributed by atoms with Gasteiger partial charge in [-0.05, 0) is 176 Å². The Morgan fingerprint density at radius 1 is 0.443 bits per heavy atom. The van der Waals surface area contributed by atoms with E-state index in [4.69, 9.17) is 58.7 Å². The molecule has 1 fully saturated rings. The van der Waals surface area contributed by atoms with E-state index in [0.717, 1.165) is 54.6 Å². The standard InChI is InChI=1S/C35H28F3N5O5.C33H27F3N4O4.C32H26F3N4O8P/c1-19(44)42-17-25(45)13-24(42)16-43-32-11-21(35(46)47)7-8-31(32)40-33(43)12-23-10-29(38)26(14-28(23)37)30-3-2-4-34(41-30)48-18-22-6-5-20(15-39)9-27(22)36;1-3-43-33(41)21-9-10-29-30(15-21)40(11-12-42-2)31(38-29)16-23-14-27(36)24(17-26(23)35)28-5-4-6-32(39-28)44-19-22-8-7-20(18-37)13-25(22)34;1-44-10-9-39-29-13-20(32(40)46-18-47-48(41,42)43)7-8-28(29)37-30(39)14-22-12-26(35)23(15-25(22)34)27-3-2-4-31(38-27)45-17-21-6-5-19(16-36)11-24(21)33/h2-11,14,24-25,45H,12-13,16-18H2,1H3,(H,46,47);4-10,13-15,17H,3,11-12,16,19H2,1-2H3;2-8,11-13,15H,9-10,14,17-18H2,1H3,(H2,41,42,43)/t24-,25-;;/m1../s1. The van der Waals surface area contributed by atoms with E-state index in [1.807, 2.05) is 22.8 Å². The fourth-order valence-electron chi connectivity index (χ4n) is 15.3. The number of likely N-dealkylation sites (tertiary alicyclic amines) is 1. The van der Waals surface area contributed by atoms with Gasteiger partial charge in [-0.15, -0.1) is 0 Å². The van der Waals surface area contributed by atoms with E-state index in [1.54, 1.807) is 47.4 Å². The number of rotatable bonds is 33. The van der Waals surface area contributed by atoms with Crippen LogP contribution in [0.5, 0.6) is 17.6 Å². The average molecular weight is 1940 g/mol. The summed E-state index contributed by atoms with van der Waals surface area (Å²) in [4.78, 5) is 94.4. The Bertz CT molecular complexity index is 7450. The molecular formula is C100H81F9N13O17P. The van der Waals surface area contributed by atoms with Crippen molar-refractivity contribution in [3.8, 4) is 69.6 Å². The van der Waals surface area contributed by atoms with Crippen molar-refractivity contribution in [2.75, 3.05) is 47.4 Å². The third-order valence-corrected chi connectivity index (χ3v) is 22.7. The molecule has 40 heteroatoms. The molecule has 2 atom stereocenters. The van der Waals surface area contributed by atoms with Gasteiger partial charge in [0, 0.05) is 118 Å². The largest absolute Gasteiger partial charge is 0.478 e. The highest BCUT2D eigenvalue weighted by Gasteiger charge is 2.35. The van der Waals surface area contributed by atoms with Gasteiger partial charge in [-0.3, -0.25) is 4.79 Å². The molecule has 0 aliphatic carbocycles. The predicted octanol–water partition coefficient (Wildman–Crippen LogP) is 17.0. The van der Waals surface area contributed by atoms with Gasteiger partial charge in [0.2, 0.25) is 30.3 Å². The van der Waals surface area contributed by atoms with Gasteiger partial charge in [-0.2, -0.15) is 15.8 Å². The smallest absolute Gasteiger partial charge is 0.472 e. The molecule has 7 heterocycles. The Morgan fingerprint density at radius 3 is 1.15 bits per heavy atom. The molecule has 1 amide bonds. The number of ether oxygens (including phenoxy) is 7. The Hall–Kier alpha value is -16.1. The summed E-state index contributed by atoms with van der Waals surface area (Å²) < 4.78 is 193. The number of imidazole rings is 3. The van der Waals surface area contributed by atoms with Crippen LogP contribution in [0.3, 0.4) is 0 Å². The Balaban J connectivity index is 0.000000167. The third kappa shape index (κ3) is 24.3. The molecule has 1 aliphatic rings. The fourth-order valence-corrected chi connectivity index (χ4v) is 15.5. The van der Waals surface area contributed by atoms with Gasteiger partial charge in [-0.1, -0.05) is 36.4 Å². The minimum atomic E-state index is -4.84. The number of nitriles is 3. The molecule has 0 unspecified atom stereocenters. The first-order valence-electron chi connectivity index (χ1n) is 42.7. The second kappa shape index (κ2) is 44.8. The van der Waals surface area contributed by atoms with Gasteiger partial charge in [0.25, 0.3) is 0 Å². The molecule has 30 nitrogen and oxygen atoms in total. The number of carboxylic acids is 1. The van der Waals surface area contributed by atoms with E-state index >= 15 is 26.3 Å². The highest BCUT2D eigenvalue weighted by atomic mass is 31.2. The number of carbonyl (C=O) groups is 4. The molecule has 140 heavy (non-hydrogen) atoms. The second-order valence-corrected chi connectivity index (χ2v) is 32.7. The summed E-state index contributed by atoms with van der Waals surface area (Å²) in [5, 5.41) is 46.6. The van der Waals surface area contributed by atoms with Crippen molar-refractivity contribution in [2.24, 2.45) is 0 Å². The average Bonchev–Trinajstić information content (AvgIpc) is 1.65. The number of aromatic carboxylic acids is 1. The predicted molar refractivity (Wildman–Crippen MR) is 485 cm³/mol. The minimum absolute atomic E-state index is 0.00686. The maximum absolute atomic E-state index is 15.7. The number of benzene rings is 9. The highest BCUT2D eigenvalue weighted by Crippen LogP contribution is 2.38. The number of aliphatic hydroxyl groups excluding tert-OH is 1. The number of fused-ring (bicyclic) bond motifs is 3. The number of carbonyl (C=O) groups excluding carboxylic acids is 3. The molecule has 1 saturated heterocycles. The number of amides is 1. The van der Waals surface area contributed by atoms with E-state index in [0.29, 0.717) is 69.3 Å². The van der Waals surface area contributed by atoms with Crippen molar-refractivity contribution < 1.29 is 121 Å². The second-order valence-electron chi connectivity index (χ2n) is 31.5. The quantitative estimate of drug-likeness (QED) is 0.0128. The number of phosphoric ester groups is 1. The lowest BCUT2D eigenvalue weighted by Gasteiger charge is -2.24. The van der Waals surface area contributed by atoms with Crippen molar-refractivity contribution in [1.82, 2.24) is 48.5 Å². The van der Waals surface area contributed by atoms with E-state index in [1.165, 1.54) is 140 Å². The van der Waals surface area contributed by atoms with Crippen LogP contribution in [0, 0.1) is 86.3 Å². The van der Waals surface area contributed by atoms with Gasteiger partial charge in [0.05, 0.1) is 134 Å². The molecule has 4 N–H and O–H groups in total. The Morgan fingerprint density at radius 2 is 0.800 bits per heavy atom. The van der Waals surface area contributed by atoms with Crippen molar-refractivity contribution in [1.29, 1.82) is 15.8 Å². The van der Waals surface area contributed by atoms with Crippen LogP contribution in [0.15, 0.2) is 200 Å². The molecule has 16 rings (SSSR count). The van der Waals surface area contributed by atoms with Gasteiger partial charge in [0.15, 0.2) is 0 Å². The maximum atomic E-state index is 15.7. The Kier molecular flexibility index (Phi) is 32.0. The van der Waals surface area contributed by atoms with Gasteiger partial charge >= 0.3 is 25.7 Å². The number of esters is 2. The van der Waals surface area contributed by atoms with Crippen LogP contribution in [0.2, 0.25) is 0 Å². The van der Waals surface area contributed by atoms with Crippen LogP contribution in [-0.4, -0.2) is 152 Å². The van der Waals surface area contributed by atoms with E-state index in [2.05, 4.69) is 34.4 Å². The number of hydrogen-bond donors (Lipinski definition) is 4. The van der Waals surface area contributed by atoms with Crippen LogP contribution >= 0.6 is 7.82 Å². The minimum Gasteiger partial charge on any atom is -0.478 e. The first-order valence-corrected chi connectivity index (χ1v) is 44.3. The zero-order valence-corrected chi connectivity index (χ0v) is 75.5. The molecule has 0 saturated carbocycles. The zero-order chi connectivity index (χ0) is 99.8. The number of carboxylic acid groups (broad SMARTS) is 1. The molecule has 716 valence electrons. The lowest BCUT2D eigenvalue weighted by atomic mass is 10.0. The summed E-state index contributed by atoms with van der Waals surface area (Å²) in [6.07, 6.45) is -0.775. The van der Waals surface area contributed by atoms with Crippen LogP contribution in [0.1, 0.15) is 119 Å². The number of nitrogens with zero attached hydrogens (tertiary/aromatic N) is 13. The SMILES string of the molecule is CC(=O)N1C[C@H](O)C[C@@H]1Cn1c(Cc2cc(F)c(-c3cccc(OCc4ccc(C#N)cc4F)n3)cc2F)nc2ccc(C(=O)O)cc21.CCOC(=O)c1ccc2nc(Cc3cc(F)c(-c4cccc(OCc5ccc(C#N)cc5F)n4)cc3F)n(CCOC)c2c1.COCCn1c(Cc2cc(F)c(-c3cccc(OCc4ccc(C#N)cc4F)n3)cc2F)nc2ccc(C(=O)OCOP(=O)(O)O)cc21. The number of phosphoric acid groups is 1. The molecule has 0 spiro atoms. The van der Waals surface area contributed by atoms with Crippen molar-refractivity contribution >= 4 is 64.7 Å². The van der Waals surface area contributed by atoms with Gasteiger partial charge in [-0.25, -0.2) is 92.9 Å². The first kappa shape index (κ1) is 99.9. The lowest BCUT2D eigenvalue weighted by Crippen LogP contribution is -2.37. The topological polar surface area (TPSA) is 407 Å². The summed E-state index contributed by atoms with van der Waals surface area (Å²) in [6.45, 7) is 3.27. The van der Waals surface area contributed by atoms with Crippen LogP contribution in [-0.2, 0) is 91.5 Å². The van der Waals surface area contributed by atoms with Gasteiger partial charge < -0.3 is 71.8 Å². The molecule has 6 aromatic heterocycles. The molecule has 15 aromatic rings. The number of pyridine rings is 3. The maximum Gasteiger partial charge on any atom is 0.472 e. The lowest BCUT2D eigenvalue weighted by molar-refractivity contribution is -0.130. The fraction of sp³-hybridized carbons (Fsp3) is 0.210. The summed E-state index contributed by atoms with van der Waals surface area (Å²) in [7, 11) is -1.81. The molecule has 0 radical (unpaired) electrons. The van der Waals surface area contributed by atoms with Crippen LogP contribution in [0.25, 0.3) is 66.9 Å². The van der Waals surface area contributed by atoms with Crippen molar-refractivity contribution in [3.63, 3.8) is 0 Å². The summed E-state index contributed by atoms with van der Waals surface area (Å²) in [5.41, 5.74) is 4.45. The number of hydrogen-bond acceptors (Lipinski definition) is 23. The first-order chi connectivity index (χ1) is 67.3. The number of methoxy groups -OCH3 is 2. The van der Waals surface area contributed by atoms with E-state index in [-0.39, 0.29) is 197 Å². The van der Waals surface area contributed by atoms with Crippen molar-refractivity contribution in [2.45, 2.75) is 91.1 Å². The number of aliphatic hydroxyl groups is 1. The number of aromatic nitrogens is 9. The monoisotopic (exact) mass is 1940 g/mol. The molecule has 1 aliphatic heterocycles. The number of β-amino-alcohol motifs (C(OH)–C–C–N with tert-alkyl or cyclic N) is 1. The summed E-state index contributed by atoms with van der Waals surface area (Å²) in [6, 6.07) is 50.6. The molecular weight excluding hydrogens is 1860 g/mol. The van der Waals surface area contributed by atoms with Gasteiger partial charge in [0.1, 0.15) is 89.6 Å². The molecule has 9 aromatic carbocycles. The Labute approximate surface area is 791 Å². The van der Waals surface area contributed by atoms with E-state index in [9.17, 15) is 47.1 Å². The third-order valence-electron chi connectivity index (χ3n) is 22.2.